The lowest BCUT2D eigenvalue weighted by Crippen LogP contribution is -2.41. The topological polar surface area (TPSA) is 83.6 Å². The fraction of sp³-hybridized carbons (Fsp3) is 0.450. The minimum atomic E-state index is -1.04. The van der Waals surface area contributed by atoms with Gasteiger partial charge in [-0.15, -0.1) is 0 Å². The van der Waals surface area contributed by atoms with Crippen LogP contribution in [0.3, 0.4) is 0 Å². The molecule has 1 amide bonds. The van der Waals surface area contributed by atoms with E-state index in [1.807, 2.05) is 19.1 Å². The first-order valence-corrected chi connectivity index (χ1v) is 9.01. The van der Waals surface area contributed by atoms with Crippen LogP contribution in [0, 0.1) is 12.8 Å². The van der Waals surface area contributed by atoms with Gasteiger partial charge in [0.25, 0.3) is 5.91 Å². The highest BCUT2D eigenvalue weighted by Gasteiger charge is 2.34. The van der Waals surface area contributed by atoms with Crippen LogP contribution in [0.1, 0.15) is 70.8 Å². The zero-order chi connectivity index (χ0) is 18.8. The average Bonchev–Trinajstić information content (AvgIpc) is 3.09. The molecule has 138 valence electrons. The third kappa shape index (κ3) is 3.49. The molecule has 0 saturated carbocycles. The summed E-state index contributed by atoms with van der Waals surface area (Å²) in [5.74, 6) is 0.993. The van der Waals surface area contributed by atoms with E-state index in [0.717, 1.165) is 30.8 Å². The predicted octanol–water partition coefficient (Wildman–Crippen LogP) is 3.86. The van der Waals surface area contributed by atoms with Crippen LogP contribution < -0.4 is 0 Å². The molecule has 26 heavy (non-hydrogen) atoms. The maximum atomic E-state index is 13.1. The molecular formula is C20H24N2O4. The van der Waals surface area contributed by atoms with Crippen LogP contribution in [-0.2, 0) is 6.42 Å². The van der Waals surface area contributed by atoms with Gasteiger partial charge in [0.05, 0.1) is 17.3 Å². The summed E-state index contributed by atoms with van der Waals surface area (Å²) in [6, 6.07) is 6.73. The molecule has 6 nitrogen and oxygen atoms in total. The SMILES string of the molecule is CCc1ccc(C2CC(C)CCN2C(=O)c2ccc(C(=O)O)c(C)n2)o1. The summed E-state index contributed by atoms with van der Waals surface area (Å²) in [6.07, 6.45) is 2.58. The molecule has 2 atom stereocenters. The number of furan rings is 1. The van der Waals surface area contributed by atoms with E-state index in [1.54, 1.807) is 11.8 Å². The Kier molecular flexibility index (Phi) is 5.11. The van der Waals surface area contributed by atoms with E-state index in [4.69, 9.17) is 9.52 Å². The van der Waals surface area contributed by atoms with Gasteiger partial charge in [0.15, 0.2) is 0 Å². The summed E-state index contributed by atoms with van der Waals surface area (Å²) in [5.41, 5.74) is 0.731. The van der Waals surface area contributed by atoms with Crippen molar-refractivity contribution in [1.29, 1.82) is 0 Å². The third-order valence-corrected chi connectivity index (χ3v) is 5.02. The minimum absolute atomic E-state index is 0.115. The first kappa shape index (κ1) is 18.2. The second-order valence-electron chi connectivity index (χ2n) is 6.94. The molecule has 0 aliphatic carbocycles. The van der Waals surface area contributed by atoms with E-state index < -0.39 is 5.97 Å². The molecule has 6 heteroatoms. The molecule has 1 aliphatic rings. The smallest absolute Gasteiger partial charge is 0.337 e. The zero-order valence-corrected chi connectivity index (χ0v) is 15.4. The Bertz CT molecular complexity index is 827. The number of carbonyl (C=O) groups excluding carboxylic acids is 1. The number of pyridine rings is 1. The maximum absolute atomic E-state index is 13.1. The number of rotatable bonds is 4. The molecular weight excluding hydrogens is 332 g/mol. The van der Waals surface area contributed by atoms with Gasteiger partial charge in [-0.2, -0.15) is 0 Å². The number of carbonyl (C=O) groups is 2. The predicted molar refractivity (Wildman–Crippen MR) is 96.2 cm³/mol. The number of amides is 1. The minimum Gasteiger partial charge on any atom is -0.478 e. The fourth-order valence-electron chi connectivity index (χ4n) is 3.47. The van der Waals surface area contributed by atoms with Crippen molar-refractivity contribution in [3.05, 3.63) is 52.7 Å². The quantitative estimate of drug-likeness (QED) is 0.899. The molecule has 3 heterocycles. The van der Waals surface area contributed by atoms with Crippen LogP contribution in [0.2, 0.25) is 0 Å². The first-order valence-electron chi connectivity index (χ1n) is 9.01. The molecule has 1 saturated heterocycles. The lowest BCUT2D eigenvalue weighted by molar-refractivity contribution is 0.0511. The summed E-state index contributed by atoms with van der Waals surface area (Å²) in [4.78, 5) is 30.3. The second kappa shape index (κ2) is 7.32. The van der Waals surface area contributed by atoms with Gasteiger partial charge < -0.3 is 14.4 Å². The molecule has 1 aliphatic heterocycles. The number of aryl methyl sites for hydroxylation is 2. The number of carboxylic acid groups (broad SMARTS) is 1. The summed E-state index contributed by atoms with van der Waals surface area (Å²) in [5, 5.41) is 9.14. The highest BCUT2D eigenvalue weighted by Crippen LogP contribution is 2.35. The molecule has 0 spiro atoms. The molecule has 2 aromatic heterocycles. The molecule has 3 rings (SSSR count). The summed E-state index contributed by atoms with van der Waals surface area (Å²) in [6.45, 7) is 6.46. The van der Waals surface area contributed by atoms with Crippen molar-refractivity contribution in [3.63, 3.8) is 0 Å². The number of likely N-dealkylation sites (tertiary alicyclic amines) is 1. The molecule has 0 aromatic carbocycles. The van der Waals surface area contributed by atoms with Crippen molar-refractivity contribution in [2.75, 3.05) is 6.54 Å². The monoisotopic (exact) mass is 356 g/mol. The number of hydrogen-bond donors (Lipinski definition) is 1. The van der Waals surface area contributed by atoms with Crippen molar-refractivity contribution in [1.82, 2.24) is 9.88 Å². The van der Waals surface area contributed by atoms with Gasteiger partial charge in [-0.05, 0) is 49.9 Å². The number of aromatic carboxylic acids is 1. The van der Waals surface area contributed by atoms with Crippen molar-refractivity contribution >= 4 is 11.9 Å². The van der Waals surface area contributed by atoms with Gasteiger partial charge in [0, 0.05) is 13.0 Å². The van der Waals surface area contributed by atoms with Crippen LogP contribution in [-0.4, -0.2) is 33.4 Å². The first-order chi connectivity index (χ1) is 12.4. The van der Waals surface area contributed by atoms with Crippen LogP contribution in [0.15, 0.2) is 28.7 Å². The summed E-state index contributed by atoms with van der Waals surface area (Å²) < 4.78 is 5.92. The fourth-order valence-corrected chi connectivity index (χ4v) is 3.47. The normalized spacial score (nSPS) is 20.2. The Hall–Kier alpha value is -2.63. The molecule has 2 unspecified atom stereocenters. The van der Waals surface area contributed by atoms with Gasteiger partial charge in [-0.3, -0.25) is 4.79 Å². The summed E-state index contributed by atoms with van der Waals surface area (Å²) >= 11 is 0. The number of carboxylic acids is 1. The largest absolute Gasteiger partial charge is 0.478 e. The van der Waals surface area contributed by atoms with E-state index >= 15 is 0 Å². The van der Waals surface area contributed by atoms with Crippen LogP contribution in [0.4, 0.5) is 0 Å². The Morgan fingerprint density at radius 2 is 2.08 bits per heavy atom. The molecule has 1 N–H and O–H groups in total. The van der Waals surface area contributed by atoms with E-state index in [1.165, 1.54) is 12.1 Å². The van der Waals surface area contributed by atoms with Gasteiger partial charge in [-0.25, -0.2) is 9.78 Å². The summed E-state index contributed by atoms with van der Waals surface area (Å²) in [7, 11) is 0. The van der Waals surface area contributed by atoms with E-state index in [2.05, 4.69) is 11.9 Å². The van der Waals surface area contributed by atoms with Crippen molar-refractivity contribution in [2.24, 2.45) is 5.92 Å². The lowest BCUT2D eigenvalue weighted by atomic mass is 9.90. The number of nitrogens with zero attached hydrogens (tertiary/aromatic N) is 2. The van der Waals surface area contributed by atoms with Crippen molar-refractivity contribution in [3.8, 4) is 0 Å². The van der Waals surface area contributed by atoms with E-state index in [9.17, 15) is 9.59 Å². The highest BCUT2D eigenvalue weighted by atomic mass is 16.4. The van der Waals surface area contributed by atoms with Crippen LogP contribution in [0.5, 0.6) is 0 Å². The number of hydrogen-bond acceptors (Lipinski definition) is 4. The Balaban J connectivity index is 1.90. The van der Waals surface area contributed by atoms with Crippen molar-refractivity contribution in [2.45, 2.75) is 46.1 Å². The van der Waals surface area contributed by atoms with Crippen LogP contribution in [0.25, 0.3) is 0 Å². The Morgan fingerprint density at radius 1 is 1.31 bits per heavy atom. The zero-order valence-electron chi connectivity index (χ0n) is 15.4. The molecule has 1 fully saturated rings. The standard InChI is InChI=1S/C20H24N2O4/c1-4-14-5-8-18(26-14)17-11-12(2)9-10-22(17)19(23)16-7-6-15(20(24)25)13(3)21-16/h5-8,12,17H,4,9-11H2,1-3H3,(H,24,25). The highest BCUT2D eigenvalue weighted by molar-refractivity contribution is 5.94. The second-order valence-corrected chi connectivity index (χ2v) is 6.94. The molecule has 0 bridgehead atoms. The van der Waals surface area contributed by atoms with Gasteiger partial charge in [-0.1, -0.05) is 13.8 Å². The van der Waals surface area contributed by atoms with Crippen LogP contribution >= 0.6 is 0 Å². The Labute approximate surface area is 152 Å². The molecule has 2 aromatic rings. The van der Waals surface area contributed by atoms with E-state index in [-0.39, 0.29) is 23.2 Å². The van der Waals surface area contributed by atoms with Gasteiger partial charge in [0.1, 0.15) is 17.2 Å². The third-order valence-electron chi connectivity index (χ3n) is 5.02. The average molecular weight is 356 g/mol. The van der Waals surface area contributed by atoms with Crippen molar-refractivity contribution < 1.29 is 19.1 Å². The Morgan fingerprint density at radius 3 is 2.69 bits per heavy atom. The van der Waals surface area contributed by atoms with E-state index in [0.29, 0.717) is 18.2 Å². The maximum Gasteiger partial charge on any atom is 0.337 e. The number of aromatic nitrogens is 1. The van der Waals surface area contributed by atoms with Gasteiger partial charge >= 0.3 is 5.97 Å². The van der Waals surface area contributed by atoms with Gasteiger partial charge in [0.2, 0.25) is 0 Å². The lowest BCUT2D eigenvalue weighted by Gasteiger charge is -2.37. The molecule has 0 radical (unpaired) electrons. The number of piperidine rings is 1.